The molecule has 10 heteroatoms. The fraction of sp³-hybridized carbons (Fsp3) is 0.278. The van der Waals surface area contributed by atoms with E-state index in [4.69, 9.17) is 9.47 Å². The average molecular weight is 657 g/mol. The van der Waals surface area contributed by atoms with E-state index in [1.54, 1.807) is 0 Å². The highest BCUT2D eigenvalue weighted by atomic mass is 32.2. The lowest BCUT2D eigenvalue weighted by Gasteiger charge is -2.19. The quantitative estimate of drug-likeness (QED) is 0.216. The van der Waals surface area contributed by atoms with Crippen LogP contribution < -0.4 is 10.6 Å². The summed E-state index contributed by atoms with van der Waals surface area (Å²) in [5, 5.41) is 5.56. The predicted octanol–water partition coefficient (Wildman–Crippen LogP) is 4.54. The van der Waals surface area contributed by atoms with E-state index in [-0.39, 0.29) is 22.3 Å². The molecule has 0 aliphatic rings. The minimum atomic E-state index is -0.890. The van der Waals surface area contributed by atoms with Crippen LogP contribution >= 0.6 is 23.5 Å². The van der Waals surface area contributed by atoms with Crippen LogP contribution in [0.3, 0.4) is 0 Å². The number of hydrogen-bond donors (Lipinski definition) is 2. The van der Waals surface area contributed by atoms with Gasteiger partial charge < -0.3 is 20.1 Å². The number of ether oxygens (including phenoxy) is 2. The van der Waals surface area contributed by atoms with Crippen LogP contribution in [0.2, 0.25) is 0 Å². The molecule has 3 aromatic carbocycles. The molecule has 8 nitrogen and oxygen atoms in total. The Balaban J connectivity index is 2.20. The summed E-state index contributed by atoms with van der Waals surface area (Å²) in [5.41, 5.74) is 2.13. The minimum absolute atomic E-state index is 0.127. The van der Waals surface area contributed by atoms with Crippen molar-refractivity contribution in [3.05, 3.63) is 106 Å². The SMILES string of the molecule is COC(=O)C(CCSC)NC(=O)c1cc(C#Cc2ccccc2)c(C(=O)NC(CCSC)C(=O)OC)cc1C#Cc1ccccc1. The summed E-state index contributed by atoms with van der Waals surface area (Å²) in [6, 6.07) is 19.6. The monoisotopic (exact) mass is 656 g/mol. The van der Waals surface area contributed by atoms with E-state index in [0.29, 0.717) is 35.5 Å². The minimum Gasteiger partial charge on any atom is -0.467 e. The molecule has 2 amide bonds. The van der Waals surface area contributed by atoms with Crippen molar-refractivity contribution in [1.29, 1.82) is 0 Å². The number of carbonyl (C=O) groups is 4. The van der Waals surface area contributed by atoms with Crippen LogP contribution in [0.5, 0.6) is 0 Å². The Morgan fingerprint density at radius 1 is 0.630 bits per heavy atom. The number of amides is 2. The van der Waals surface area contributed by atoms with Crippen molar-refractivity contribution in [3.8, 4) is 23.7 Å². The van der Waals surface area contributed by atoms with Gasteiger partial charge in [0.2, 0.25) is 0 Å². The van der Waals surface area contributed by atoms with Crippen molar-refractivity contribution in [2.45, 2.75) is 24.9 Å². The van der Waals surface area contributed by atoms with Crippen LogP contribution in [-0.4, -0.2) is 74.1 Å². The molecule has 2 unspecified atom stereocenters. The number of carbonyl (C=O) groups excluding carboxylic acids is 4. The highest BCUT2D eigenvalue weighted by molar-refractivity contribution is 7.98. The number of methoxy groups -OCH3 is 2. The molecule has 3 rings (SSSR count). The molecule has 0 spiro atoms. The van der Waals surface area contributed by atoms with Crippen LogP contribution in [0.1, 0.15) is 55.8 Å². The van der Waals surface area contributed by atoms with Gasteiger partial charge in [-0.05, 0) is 73.3 Å². The zero-order valence-electron chi connectivity index (χ0n) is 26.2. The maximum Gasteiger partial charge on any atom is 0.328 e. The normalized spacial score (nSPS) is 11.4. The molecule has 0 aliphatic heterocycles. The van der Waals surface area contributed by atoms with Gasteiger partial charge in [0.25, 0.3) is 11.8 Å². The van der Waals surface area contributed by atoms with E-state index in [2.05, 4.69) is 34.3 Å². The Morgan fingerprint density at radius 3 is 1.33 bits per heavy atom. The summed E-state index contributed by atoms with van der Waals surface area (Å²) in [6.07, 6.45) is 4.52. The largest absolute Gasteiger partial charge is 0.467 e. The Morgan fingerprint density at radius 2 is 1.00 bits per heavy atom. The van der Waals surface area contributed by atoms with Crippen LogP contribution in [-0.2, 0) is 19.1 Å². The van der Waals surface area contributed by atoms with Gasteiger partial charge in [-0.1, -0.05) is 60.1 Å². The van der Waals surface area contributed by atoms with Gasteiger partial charge in [0.15, 0.2) is 0 Å². The number of hydrogen-bond acceptors (Lipinski definition) is 8. The van der Waals surface area contributed by atoms with E-state index in [1.807, 2.05) is 73.2 Å². The van der Waals surface area contributed by atoms with Gasteiger partial charge in [0.1, 0.15) is 12.1 Å². The molecule has 0 heterocycles. The number of thioether (sulfide) groups is 2. The molecule has 3 aromatic rings. The van der Waals surface area contributed by atoms with Crippen molar-refractivity contribution in [1.82, 2.24) is 10.6 Å². The van der Waals surface area contributed by atoms with Crippen molar-refractivity contribution in [2.75, 3.05) is 38.2 Å². The molecular weight excluding hydrogens is 621 g/mol. The lowest BCUT2D eigenvalue weighted by atomic mass is 9.96. The fourth-order valence-corrected chi connectivity index (χ4v) is 5.17. The summed E-state index contributed by atoms with van der Waals surface area (Å²) < 4.78 is 9.86. The first-order valence-electron chi connectivity index (χ1n) is 14.4. The first kappa shape index (κ1) is 35.8. The molecule has 0 fully saturated rings. The predicted molar refractivity (Wildman–Crippen MR) is 184 cm³/mol. The van der Waals surface area contributed by atoms with Crippen LogP contribution in [0.15, 0.2) is 72.8 Å². The smallest absolute Gasteiger partial charge is 0.328 e. The fourth-order valence-electron chi connectivity index (χ4n) is 4.23. The molecule has 0 aromatic heterocycles. The van der Waals surface area contributed by atoms with E-state index < -0.39 is 35.8 Å². The molecule has 46 heavy (non-hydrogen) atoms. The second-order valence-electron chi connectivity index (χ2n) is 9.84. The Labute approximate surface area is 278 Å². The number of benzene rings is 3. The van der Waals surface area contributed by atoms with E-state index in [9.17, 15) is 19.2 Å². The number of rotatable bonds is 12. The zero-order chi connectivity index (χ0) is 33.3. The molecule has 0 radical (unpaired) electrons. The van der Waals surface area contributed by atoms with Crippen molar-refractivity contribution < 1.29 is 28.7 Å². The molecule has 0 bridgehead atoms. The summed E-state index contributed by atoms with van der Waals surface area (Å²) in [7, 11) is 2.53. The van der Waals surface area contributed by atoms with E-state index in [0.717, 1.165) is 0 Å². The van der Waals surface area contributed by atoms with Gasteiger partial charge in [-0.15, -0.1) is 0 Å². The van der Waals surface area contributed by atoms with Gasteiger partial charge in [0.05, 0.1) is 25.3 Å². The first-order valence-corrected chi connectivity index (χ1v) is 17.2. The highest BCUT2D eigenvalue weighted by Crippen LogP contribution is 2.19. The summed E-state index contributed by atoms with van der Waals surface area (Å²) in [4.78, 5) is 52.6. The molecule has 0 saturated carbocycles. The highest BCUT2D eigenvalue weighted by Gasteiger charge is 2.27. The molecular formula is C36H36N2O6S2. The molecule has 0 saturated heterocycles. The van der Waals surface area contributed by atoms with Crippen LogP contribution in [0.4, 0.5) is 0 Å². The standard InChI is InChI=1S/C36H36N2O6S2/c1-43-35(41)31(19-21-45-3)37-33(39)29-23-28(18-16-26-13-9-6-10-14-26)30(24-27(29)17-15-25-11-7-5-8-12-25)34(40)38-32(20-22-46-4)36(42)44-2/h5-14,23-24,31-32H,19-22H2,1-4H3,(H,37,39)(H,38,40). The van der Waals surface area contributed by atoms with Crippen molar-refractivity contribution in [2.24, 2.45) is 0 Å². The van der Waals surface area contributed by atoms with Gasteiger partial charge >= 0.3 is 11.9 Å². The Kier molecular flexibility index (Phi) is 14.8. The Bertz CT molecular complexity index is 1520. The second kappa shape index (κ2) is 19.0. The van der Waals surface area contributed by atoms with Crippen LogP contribution in [0, 0.1) is 23.7 Å². The second-order valence-corrected chi connectivity index (χ2v) is 11.8. The third-order valence-corrected chi connectivity index (χ3v) is 7.97. The van der Waals surface area contributed by atoms with Crippen LogP contribution in [0.25, 0.3) is 0 Å². The maximum absolute atomic E-state index is 13.8. The van der Waals surface area contributed by atoms with Crippen molar-refractivity contribution >= 4 is 47.3 Å². The summed E-state index contributed by atoms with van der Waals surface area (Å²) in [5.74, 6) is 11.1. The zero-order valence-corrected chi connectivity index (χ0v) is 27.8. The Hall–Kier alpha value is -4.64. The van der Waals surface area contributed by atoms with Crippen molar-refractivity contribution in [3.63, 3.8) is 0 Å². The molecule has 0 aliphatic carbocycles. The third kappa shape index (κ3) is 10.8. The molecule has 2 N–H and O–H groups in total. The molecule has 238 valence electrons. The summed E-state index contributed by atoms with van der Waals surface area (Å²) >= 11 is 3.07. The van der Waals surface area contributed by atoms with E-state index in [1.165, 1.54) is 49.9 Å². The topological polar surface area (TPSA) is 111 Å². The first-order chi connectivity index (χ1) is 22.3. The van der Waals surface area contributed by atoms with E-state index >= 15 is 0 Å². The average Bonchev–Trinajstić information content (AvgIpc) is 3.09. The van der Waals surface area contributed by atoms with Gasteiger partial charge in [-0.25, -0.2) is 9.59 Å². The molecule has 2 atom stereocenters. The maximum atomic E-state index is 13.8. The lowest BCUT2D eigenvalue weighted by Crippen LogP contribution is -2.43. The van der Waals surface area contributed by atoms with Gasteiger partial charge in [-0.2, -0.15) is 23.5 Å². The van der Waals surface area contributed by atoms with Gasteiger partial charge in [0, 0.05) is 22.3 Å². The summed E-state index contributed by atoms with van der Waals surface area (Å²) in [6.45, 7) is 0. The van der Waals surface area contributed by atoms with Gasteiger partial charge in [-0.3, -0.25) is 9.59 Å². The number of esters is 2. The third-order valence-electron chi connectivity index (χ3n) is 6.68. The number of nitrogens with one attached hydrogen (secondary N) is 2. The lowest BCUT2D eigenvalue weighted by molar-refractivity contribution is -0.143.